The van der Waals surface area contributed by atoms with Gasteiger partial charge in [-0.25, -0.2) is 0 Å². The van der Waals surface area contributed by atoms with Gasteiger partial charge in [-0.15, -0.1) is 0 Å². The summed E-state index contributed by atoms with van der Waals surface area (Å²) in [5.41, 5.74) is 1.84. The molecule has 0 fully saturated rings. The highest BCUT2D eigenvalue weighted by molar-refractivity contribution is 5.78. The van der Waals surface area contributed by atoms with E-state index in [1.165, 1.54) is 70.6 Å². The highest BCUT2D eigenvalue weighted by atomic mass is 16.5. The van der Waals surface area contributed by atoms with Gasteiger partial charge in [0, 0.05) is 12.8 Å². The fourth-order valence-electron chi connectivity index (χ4n) is 2.88. The first-order valence-corrected chi connectivity index (χ1v) is 10.3. The maximum atomic E-state index is 11.5. The molecule has 0 amide bonds. The van der Waals surface area contributed by atoms with Crippen LogP contribution in [0.3, 0.4) is 0 Å². The Morgan fingerprint density at radius 1 is 0.750 bits per heavy atom. The molecule has 0 aromatic carbocycles. The van der Waals surface area contributed by atoms with Crippen LogP contribution < -0.4 is 5.48 Å². The first-order valence-electron chi connectivity index (χ1n) is 10.3. The highest BCUT2D eigenvalue weighted by Gasteiger charge is 2.00. The Labute approximate surface area is 150 Å². The van der Waals surface area contributed by atoms with Crippen LogP contribution in [0.25, 0.3) is 0 Å². The summed E-state index contributed by atoms with van der Waals surface area (Å²) in [6, 6.07) is 0. The Balaban J connectivity index is 3.16. The quantitative estimate of drug-likeness (QED) is 0.167. The molecular formula is C21H40NO2-. The molecule has 0 bridgehead atoms. The van der Waals surface area contributed by atoms with E-state index in [-0.39, 0.29) is 0 Å². The molecule has 0 heterocycles. The van der Waals surface area contributed by atoms with E-state index in [0.717, 1.165) is 12.8 Å². The lowest BCUT2D eigenvalue weighted by atomic mass is 10.1. The van der Waals surface area contributed by atoms with Gasteiger partial charge in [0.25, 0.3) is 0 Å². The van der Waals surface area contributed by atoms with Gasteiger partial charge in [-0.3, -0.25) is 4.79 Å². The van der Waals surface area contributed by atoms with E-state index in [1.54, 1.807) is 0 Å². The van der Waals surface area contributed by atoms with E-state index < -0.39 is 0 Å². The Morgan fingerprint density at radius 3 is 1.83 bits per heavy atom. The van der Waals surface area contributed by atoms with Gasteiger partial charge in [0.1, 0.15) is 5.78 Å². The summed E-state index contributed by atoms with van der Waals surface area (Å²) in [5, 5.41) is 10.1. The molecule has 0 saturated carbocycles. The Kier molecular flexibility index (Phi) is 19.8. The summed E-state index contributed by atoms with van der Waals surface area (Å²) in [7, 11) is 0. The molecule has 0 aliphatic heterocycles. The number of hydroxylamine groups is 1. The molecule has 0 aromatic heterocycles. The largest absolute Gasteiger partial charge is 0.788 e. The fourth-order valence-corrected chi connectivity index (χ4v) is 2.88. The van der Waals surface area contributed by atoms with Crippen LogP contribution in [0.5, 0.6) is 0 Å². The molecule has 0 spiro atoms. The Morgan fingerprint density at radius 2 is 1.25 bits per heavy atom. The minimum Gasteiger partial charge on any atom is -0.788 e. The average molecular weight is 339 g/mol. The summed E-state index contributed by atoms with van der Waals surface area (Å²) in [5.74, 6) is 0.308. The summed E-state index contributed by atoms with van der Waals surface area (Å²) >= 11 is 0. The van der Waals surface area contributed by atoms with Crippen LogP contribution in [0, 0.1) is 5.21 Å². The third kappa shape index (κ3) is 19.4. The van der Waals surface area contributed by atoms with E-state index in [1.807, 2.05) is 5.48 Å². The molecular weight excluding hydrogens is 298 g/mol. The summed E-state index contributed by atoms with van der Waals surface area (Å²) in [6.07, 6.45) is 23.3. The predicted molar refractivity (Wildman–Crippen MR) is 105 cm³/mol. The average Bonchev–Trinajstić information content (AvgIpc) is 2.58. The number of hydrogen-bond acceptors (Lipinski definition) is 3. The zero-order valence-corrected chi connectivity index (χ0v) is 16.0. The van der Waals surface area contributed by atoms with E-state index in [0.29, 0.717) is 31.6 Å². The number of ketones is 1. The Bertz CT molecular complexity index is 290. The molecule has 3 heteroatoms. The van der Waals surface area contributed by atoms with Crippen molar-refractivity contribution in [1.29, 1.82) is 0 Å². The molecule has 24 heavy (non-hydrogen) atoms. The molecule has 1 N–H and O–H groups in total. The Hall–Kier alpha value is -0.670. The first-order chi connectivity index (χ1) is 11.8. The van der Waals surface area contributed by atoms with Gasteiger partial charge in [-0.05, 0) is 45.1 Å². The van der Waals surface area contributed by atoms with Crippen LogP contribution in [0.1, 0.15) is 110 Å². The number of rotatable bonds is 19. The number of nitrogens with one attached hydrogen (secondary N) is 1. The molecule has 142 valence electrons. The third-order valence-electron chi connectivity index (χ3n) is 4.45. The van der Waals surface area contributed by atoms with Crippen molar-refractivity contribution in [3.05, 3.63) is 17.4 Å². The normalized spacial score (nSPS) is 11.4. The molecule has 0 atom stereocenters. The zero-order chi connectivity index (χ0) is 17.7. The number of carbonyl (C=O) groups excluding carboxylic acids is 1. The SMILES string of the molecule is CCCCCCCC/C=C\CCCCCCCC(=O)CCCN[O-]. The fraction of sp³-hybridized carbons (Fsp3) is 0.857. The van der Waals surface area contributed by atoms with Gasteiger partial charge in [-0.1, -0.05) is 70.4 Å². The summed E-state index contributed by atoms with van der Waals surface area (Å²) < 4.78 is 0. The number of carbonyl (C=O) groups is 1. The van der Waals surface area contributed by atoms with Crippen molar-refractivity contribution in [3.63, 3.8) is 0 Å². The number of hydrogen-bond donors (Lipinski definition) is 1. The zero-order valence-electron chi connectivity index (χ0n) is 16.0. The predicted octanol–water partition coefficient (Wildman–Crippen LogP) is 6.46. The highest BCUT2D eigenvalue weighted by Crippen LogP contribution is 2.10. The minimum absolute atomic E-state index is 0.308. The smallest absolute Gasteiger partial charge is 0.132 e. The molecule has 0 aromatic rings. The van der Waals surface area contributed by atoms with Crippen molar-refractivity contribution in [3.8, 4) is 0 Å². The molecule has 0 rings (SSSR count). The van der Waals surface area contributed by atoms with Gasteiger partial charge in [0.15, 0.2) is 0 Å². The maximum absolute atomic E-state index is 11.5. The minimum atomic E-state index is 0.308. The first kappa shape index (κ1) is 23.3. The van der Waals surface area contributed by atoms with Crippen molar-refractivity contribution >= 4 is 5.78 Å². The van der Waals surface area contributed by atoms with Gasteiger partial charge >= 0.3 is 0 Å². The van der Waals surface area contributed by atoms with Crippen LogP contribution >= 0.6 is 0 Å². The number of unbranched alkanes of at least 4 members (excludes halogenated alkanes) is 11. The van der Waals surface area contributed by atoms with Crippen molar-refractivity contribution in [2.45, 2.75) is 110 Å². The molecule has 0 saturated heterocycles. The van der Waals surface area contributed by atoms with E-state index >= 15 is 0 Å². The monoisotopic (exact) mass is 338 g/mol. The van der Waals surface area contributed by atoms with E-state index in [9.17, 15) is 10.0 Å². The van der Waals surface area contributed by atoms with Crippen LogP contribution in [0.2, 0.25) is 0 Å². The van der Waals surface area contributed by atoms with Crippen LogP contribution in [-0.2, 0) is 4.79 Å². The molecule has 0 unspecified atom stereocenters. The number of allylic oxidation sites excluding steroid dienone is 2. The summed E-state index contributed by atoms with van der Waals surface area (Å²) in [4.78, 5) is 11.5. The van der Waals surface area contributed by atoms with Crippen LogP contribution in [0.4, 0.5) is 0 Å². The topological polar surface area (TPSA) is 52.2 Å². The molecule has 0 radical (unpaired) electrons. The molecule has 0 aliphatic carbocycles. The van der Waals surface area contributed by atoms with Gasteiger partial charge in [-0.2, -0.15) is 0 Å². The standard InChI is InChI=1S/C21H40NO2/c1-2-3-4-5-6-7-8-9-10-11-12-13-14-15-16-18-21(23)19-17-20-22-24/h9-10,22H,2-8,11-20H2,1H3/q-1/b10-9-. The van der Waals surface area contributed by atoms with Gasteiger partial charge < -0.3 is 10.7 Å². The van der Waals surface area contributed by atoms with Crippen molar-refractivity contribution < 1.29 is 4.79 Å². The molecule has 0 aliphatic rings. The van der Waals surface area contributed by atoms with E-state index in [4.69, 9.17) is 0 Å². The lowest BCUT2D eigenvalue weighted by molar-refractivity contribution is -0.119. The van der Waals surface area contributed by atoms with E-state index in [2.05, 4.69) is 19.1 Å². The van der Waals surface area contributed by atoms with Crippen molar-refractivity contribution in [2.75, 3.05) is 6.54 Å². The second kappa shape index (κ2) is 20.4. The molecule has 3 nitrogen and oxygen atoms in total. The second-order valence-electron chi connectivity index (χ2n) is 6.87. The van der Waals surface area contributed by atoms with Gasteiger partial charge in [0.05, 0.1) is 0 Å². The lowest BCUT2D eigenvalue weighted by Gasteiger charge is -2.05. The van der Waals surface area contributed by atoms with Crippen molar-refractivity contribution in [2.24, 2.45) is 0 Å². The third-order valence-corrected chi connectivity index (χ3v) is 4.45. The van der Waals surface area contributed by atoms with Gasteiger partial charge in [0.2, 0.25) is 0 Å². The summed E-state index contributed by atoms with van der Waals surface area (Å²) in [6.45, 7) is 2.66. The van der Waals surface area contributed by atoms with Crippen molar-refractivity contribution in [1.82, 2.24) is 5.48 Å². The van der Waals surface area contributed by atoms with Crippen LogP contribution in [-0.4, -0.2) is 12.3 Å². The lowest BCUT2D eigenvalue weighted by Crippen LogP contribution is -2.08. The maximum Gasteiger partial charge on any atom is 0.132 e. The van der Waals surface area contributed by atoms with Crippen LogP contribution in [0.15, 0.2) is 12.2 Å². The number of Topliss-reactive ketones (excluding diaryl/α,β-unsaturated/α-hetero) is 1. The second-order valence-corrected chi connectivity index (χ2v) is 6.87.